The summed E-state index contributed by atoms with van der Waals surface area (Å²) >= 11 is 0. The number of carbonyl (C=O) groups is 1. The molecule has 11 heavy (non-hydrogen) atoms. The summed E-state index contributed by atoms with van der Waals surface area (Å²) in [4.78, 5) is 11.4. The van der Waals surface area contributed by atoms with Gasteiger partial charge in [0.15, 0.2) is 0 Å². The fourth-order valence-corrected chi connectivity index (χ4v) is 2.41. The molecule has 2 saturated carbocycles. The summed E-state index contributed by atoms with van der Waals surface area (Å²) in [7, 11) is 0. The van der Waals surface area contributed by atoms with Gasteiger partial charge in [-0.3, -0.25) is 4.79 Å². The van der Waals surface area contributed by atoms with E-state index in [1.54, 1.807) is 0 Å². The molecular formula is C9H14O2. The molecule has 2 heteroatoms. The fourth-order valence-electron chi connectivity index (χ4n) is 2.41. The van der Waals surface area contributed by atoms with E-state index in [1.807, 2.05) is 6.92 Å². The van der Waals surface area contributed by atoms with E-state index < -0.39 is 0 Å². The predicted octanol–water partition coefficient (Wildman–Crippen LogP) is 1.39. The van der Waals surface area contributed by atoms with E-state index in [1.165, 1.54) is 0 Å². The first-order valence-electron chi connectivity index (χ1n) is 4.48. The average molecular weight is 154 g/mol. The van der Waals surface area contributed by atoms with Crippen molar-refractivity contribution in [2.75, 3.05) is 6.61 Å². The van der Waals surface area contributed by atoms with E-state index >= 15 is 0 Å². The standard InChI is InChI=1S/C9H14O2/c1-2-11-8-5-6-3-4-7(8)9(6)10/h6-8H,2-5H2,1H3/t6-,7+,8+/m0/s1. The van der Waals surface area contributed by atoms with Crippen molar-refractivity contribution in [1.82, 2.24) is 0 Å². The Bertz CT molecular complexity index is 176. The van der Waals surface area contributed by atoms with Crippen molar-refractivity contribution < 1.29 is 9.53 Å². The molecule has 2 aliphatic carbocycles. The second-order valence-corrected chi connectivity index (χ2v) is 3.51. The summed E-state index contributed by atoms with van der Waals surface area (Å²) in [5.74, 6) is 1.10. The molecule has 0 radical (unpaired) electrons. The molecule has 2 fully saturated rings. The second-order valence-electron chi connectivity index (χ2n) is 3.51. The van der Waals surface area contributed by atoms with Gasteiger partial charge in [-0.05, 0) is 26.2 Å². The Morgan fingerprint density at radius 2 is 2.36 bits per heavy atom. The van der Waals surface area contributed by atoms with Crippen LogP contribution in [-0.2, 0) is 9.53 Å². The van der Waals surface area contributed by atoms with Gasteiger partial charge < -0.3 is 4.74 Å². The largest absolute Gasteiger partial charge is 0.378 e. The van der Waals surface area contributed by atoms with E-state index in [0.717, 1.165) is 25.9 Å². The fraction of sp³-hybridized carbons (Fsp3) is 0.889. The molecule has 0 aromatic rings. The van der Waals surface area contributed by atoms with Crippen LogP contribution < -0.4 is 0 Å². The summed E-state index contributed by atoms with van der Waals surface area (Å²) in [5.41, 5.74) is 0. The Hall–Kier alpha value is -0.370. The van der Waals surface area contributed by atoms with E-state index in [0.29, 0.717) is 11.7 Å². The van der Waals surface area contributed by atoms with Gasteiger partial charge in [-0.1, -0.05) is 0 Å². The van der Waals surface area contributed by atoms with Crippen molar-refractivity contribution >= 4 is 5.78 Å². The number of fused-ring (bicyclic) bond motifs is 2. The van der Waals surface area contributed by atoms with Gasteiger partial charge in [-0.25, -0.2) is 0 Å². The van der Waals surface area contributed by atoms with Crippen LogP contribution in [-0.4, -0.2) is 18.5 Å². The summed E-state index contributed by atoms with van der Waals surface area (Å²) < 4.78 is 5.49. The highest BCUT2D eigenvalue weighted by molar-refractivity contribution is 5.88. The van der Waals surface area contributed by atoms with Gasteiger partial charge >= 0.3 is 0 Å². The van der Waals surface area contributed by atoms with Crippen molar-refractivity contribution in [2.24, 2.45) is 11.8 Å². The molecule has 0 aromatic carbocycles. The highest BCUT2D eigenvalue weighted by Crippen LogP contribution is 2.42. The first-order chi connectivity index (χ1) is 5.33. The zero-order chi connectivity index (χ0) is 7.84. The minimum Gasteiger partial charge on any atom is -0.378 e. The van der Waals surface area contributed by atoms with Crippen LogP contribution in [0.25, 0.3) is 0 Å². The van der Waals surface area contributed by atoms with Crippen molar-refractivity contribution in [1.29, 1.82) is 0 Å². The van der Waals surface area contributed by atoms with Gasteiger partial charge in [0, 0.05) is 18.4 Å². The molecule has 3 atom stereocenters. The third kappa shape index (κ3) is 1.00. The van der Waals surface area contributed by atoms with Crippen LogP contribution in [0.1, 0.15) is 26.2 Å². The number of hydrogen-bond donors (Lipinski definition) is 0. The third-order valence-electron chi connectivity index (χ3n) is 2.94. The van der Waals surface area contributed by atoms with Crippen LogP contribution >= 0.6 is 0 Å². The molecule has 0 saturated heterocycles. The Morgan fingerprint density at radius 1 is 1.55 bits per heavy atom. The van der Waals surface area contributed by atoms with Gasteiger partial charge in [-0.2, -0.15) is 0 Å². The highest BCUT2D eigenvalue weighted by atomic mass is 16.5. The topological polar surface area (TPSA) is 26.3 Å². The van der Waals surface area contributed by atoms with Crippen LogP contribution in [0.15, 0.2) is 0 Å². The van der Waals surface area contributed by atoms with Gasteiger partial charge in [0.2, 0.25) is 0 Å². The Balaban J connectivity index is 2.03. The zero-order valence-corrected chi connectivity index (χ0v) is 6.88. The Morgan fingerprint density at radius 3 is 2.82 bits per heavy atom. The lowest BCUT2D eigenvalue weighted by Crippen LogP contribution is -2.21. The maximum atomic E-state index is 11.4. The average Bonchev–Trinajstić information content (AvgIpc) is 2.47. The Labute approximate surface area is 66.9 Å². The molecule has 2 nitrogen and oxygen atoms in total. The van der Waals surface area contributed by atoms with Crippen molar-refractivity contribution in [3.05, 3.63) is 0 Å². The lowest BCUT2D eigenvalue weighted by molar-refractivity contribution is -0.122. The maximum absolute atomic E-state index is 11.4. The van der Waals surface area contributed by atoms with Gasteiger partial charge in [0.05, 0.1) is 6.10 Å². The maximum Gasteiger partial charge on any atom is 0.141 e. The number of carbonyl (C=O) groups excluding carboxylic acids is 1. The number of Topliss-reactive ketones (excluding diaryl/α,β-unsaturated/α-hetero) is 1. The molecule has 0 amide bonds. The van der Waals surface area contributed by atoms with Gasteiger partial charge in [0.25, 0.3) is 0 Å². The monoisotopic (exact) mass is 154 g/mol. The number of rotatable bonds is 2. The summed E-state index contributed by atoms with van der Waals surface area (Å²) in [6, 6.07) is 0. The molecule has 2 rings (SSSR count). The number of hydrogen-bond acceptors (Lipinski definition) is 2. The summed E-state index contributed by atoms with van der Waals surface area (Å²) in [6.07, 6.45) is 3.46. The Kier molecular flexibility index (Phi) is 1.72. The molecule has 0 aromatic heterocycles. The molecule has 0 unspecified atom stereocenters. The first kappa shape index (κ1) is 7.29. The smallest absolute Gasteiger partial charge is 0.141 e. The second kappa shape index (κ2) is 2.59. The van der Waals surface area contributed by atoms with Crippen LogP contribution in [0.4, 0.5) is 0 Å². The number of ether oxygens (including phenoxy) is 1. The molecule has 2 bridgehead atoms. The minimum absolute atomic E-state index is 0.264. The van der Waals surface area contributed by atoms with E-state index in [9.17, 15) is 4.79 Å². The lowest BCUT2D eigenvalue weighted by Gasteiger charge is -2.19. The van der Waals surface area contributed by atoms with Gasteiger partial charge in [-0.15, -0.1) is 0 Å². The highest BCUT2D eigenvalue weighted by Gasteiger charge is 2.47. The number of ketones is 1. The molecular weight excluding hydrogens is 140 g/mol. The normalized spacial score (nSPS) is 41.9. The molecule has 62 valence electrons. The lowest BCUT2D eigenvalue weighted by atomic mass is 9.98. The molecule has 0 N–H and O–H groups in total. The zero-order valence-electron chi connectivity index (χ0n) is 6.88. The quantitative estimate of drug-likeness (QED) is 0.600. The van der Waals surface area contributed by atoms with Crippen LogP contribution in [0.3, 0.4) is 0 Å². The molecule has 2 aliphatic rings. The van der Waals surface area contributed by atoms with Crippen LogP contribution in [0.5, 0.6) is 0 Å². The minimum atomic E-state index is 0.264. The van der Waals surface area contributed by atoms with Crippen molar-refractivity contribution in [2.45, 2.75) is 32.3 Å². The van der Waals surface area contributed by atoms with Crippen molar-refractivity contribution in [3.63, 3.8) is 0 Å². The van der Waals surface area contributed by atoms with E-state index in [2.05, 4.69) is 0 Å². The third-order valence-corrected chi connectivity index (χ3v) is 2.94. The van der Waals surface area contributed by atoms with Crippen LogP contribution in [0, 0.1) is 11.8 Å². The molecule has 0 spiro atoms. The van der Waals surface area contributed by atoms with Crippen LogP contribution in [0.2, 0.25) is 0 Å². The van der Waals surface area contributed by atoms with Crippen molar-refractivity contribution in [3.8, 4) is 0 Å². The molecule has 0 heterocycles. The SMILES string of the molecule is CCO[C@@H]1C[C@@H]2CC[C@H]1C2=O. The summed E-state index contributed by atoms with van der Waals surface area (Å²) in [6.45, 7) is 2.75. The van der Waals surface area contributed by atoms with E-state index in [-0.39, 0.29) is 12.0 Å². The summed E-state index contributed by atoms with van der Waals surface area (Å²) in [5, 5.41) is 0. The van der Waals surface area contributed by atoms with Gasteiger partial charge in [0.1, 0.15) is 5.78 Å². The molecule has 0 aliphatic heterocycles. The van der Waals surface area contributed by atoms with E-state index in [4.69, 9.17) is 4.74 Å². The first-order valence-corrected chi connectivity index (χ1v) is 4.48. The predicted molar refractivity (Wildman–Crippen MR) is 41.3 cm³/mol.